The fourth-order valence-corrected chi connectivity index (χ4v) is 1.99. The van der Waals surface area contributed by atoms with Crippen LogP contribution >= 0.6 is 23.2 Å². The minimum absolute atomic E-state index is 0.340. The Bertz CT molecular complexity index is 600. The van der Waals surface area contributed by atoms with Gasteiger partial charge in [-0.1, -0.05) is 46.6 Å². The molecule has 19 heavy (non-hydrogen) atoms. The summed E-state index contributed by atoms with van der Waals surface area (Å²) in [5.74, 6) is 0.552. The Hall–Kier alpha value is -1.71. The van der Waals surface area contributed by atoms with Crippen molar-refractivity contribution in [2.75, 3.05) is 0 Å². The first-order chi connectivity index (χ1) is 9.20. The Labute approximate surface area is 121 Å². The van der Waals surface area contributed by atoms with Crippen molar-refractivity contribution in [2.45, 2.75) is 6.61 Å². The quantitative estimate of drug-likeness (QED) is 0.517. The predicted molar refractivity (Wildman–Crippen MR) is 76.6 cm³/mol. The van der Waals surface area contributed by atoms with E-state index in [2.05, 4.69) is 5.16 Å². The second-order valence-corrected chi connectivity index (χ2v) is 4.63. The van der Waals surface area contributed by atoms with Crippen LogP contribution in [0.1, 0.15) is 11.1 Å². The number of ether oxygens (including phenoxy) is 1. The molecule has 2 rings (SSSR count). The third-order valence-corrected chi connectivity index (χ3v) is 3.17. The Kier molecular flexibility index (Phi) is 4.66. The van der Waals surface area contributed by atoms with E-state index in [0.717, 1.165) is 5.56 Å². The number of nitrogens with zero attached hydrogens (tertiary/aromatic N) is 1. The van der Waals surface area contributed by atoms with Gasteiger partial charge < -0.3 is 9.94 Å². The zero-order chi connectivity index (χ0) is 13.7. The molecule has 0 aliphatic heterocycles. The van der Waals surface area contributed by atoms with E-state index in [-0.39, 0.29) is 0 Å². The van der Waals surface area contributed by atoms with Crippen LogP contribution in [-0.4, -0.2) is 11.4 Å². The van der Waals surface area contributed by atoms with Crippen LogP contribution in [0, 0.1) is 0 Å². The van der Waals surface area contributed by atoms with Gasteiger partial charge in [-0.15, -0.1) is 0 Å². The van der Waals surface area contributed by atoms with E-state index < -0.39 is 0 Å². The van der Waals surface area contributed by atoms with E-state index in [1.54, 1.807) is 18.2 Å². The summed E-state index contributed by atoms with van der Waals surface area (Å²) >= 11 is 12.1. The van der Waals surface area contributed by atoms with Crippen molar-refractivity contribution in [3.63, 3.8) is 0 Å². The maximum absolute atomic E-state index is 8.44. The molecule has 0 aliphatic rings. The molecule has 0 unspecified atom stereocenters. The highest BCUT2D eigenvalue weighted by molar-refractivity contribution is 6.32. The van der Waals surface area contributed by atoms with Crippen LogP contribution in [0.5, 0.6) is 5.75 Å². The number of rotatable bonds is 4. The molecule has 1 N–H and O–H groups in total. The first-order valence-corrected chi connectivity index (χ1v) is 6.29. The summed E-state index contributed by atoms with van der Waals surface area (Å²) in [5, 5.41) is 12.5. The van der Waals surface area contributed by atoms with E-state index in [4.69, 9.17) is 33.1 Å². The lowest BCUT2D eigenvalue weighted by molar-refractivity contribution is 0.306. The first-order valence-electron chi connectivity index (χ1n) is 5.54. The minimum Gasteiger partial charge on any atom is -0.487 e. The Balaban J connectivity index is 2.10. The number of benzene rings is 2. The maximum Gasteiger partial charge on any atom is 0.138 e. The minimum atomic E-state index is 0.340. The number of halogens is 2. The van der Waals surface area contributed by atoms with E-state index in [1.807, 2.05) is 24.3 Å². The van der Waals surface area contributed by atoms with E-state index in [9.17, 15) is 0 Å². The van der Waals surface area contributed by atoms with Gasteiger partial charge >= 0.3 is 0 Å². The fourth-order valence-electron chi connectivity index (χ4n) is 1.55. The summed E-state index contributed by atoms with van der Waals surface area (Å²) in [5.41, 5.74) is 1.58. The summed E-state index contributed by atoms with van der Waals surface area (Å²) in [7, 11) is 0. The summed E-state index contributed by atoms with van der Waals surface area (Å²) in [6, 6.07) is 12.6. The Morgan fingerprint density at radius 1 is 1.11 bits per heavy atom. The molecule has 0 radical (unpaired) electrons. The van der Waals surface area contributed by atoms with Crippen molar-refractivity contribution < 1.29 is 9.94 Å². The molecular formula is C14H11Cl2NO2. The van der Waals surface area contributed by atoms with Gasteiger partial charge in [-0.05, 0) is 29.8 Å². The van der Waals surface area contributed by atoms with Crippen molar-refractivity contribution in [2.24, 2.45) is 5.16 Å². The lowest BCUT2D eigenvalue weighted by atomic mass is 10.2. The highest BCUT2D eigenvalue weighted by atomic mass is 35.5. The molecule has 0 aliphatic carbocycles. The fraction of sp³-hybridized carbons (Fsp3) is 0.0714. The van der Waals surface area contributed by atoms with Crippen LogP contribution < -0.4 is 4.74 Å². The third kappa shape index (κ3) is 3.63. The average molecular weight is 296 g/mol. The summed E-state index contributed by atoms with van der Waals surface area (Å²) in [6.07, 6.45) is 1.30. The third-order valence-electron chi connectivity index (χ3n) is 2.50. The lowest BCUT2D eigenvalue weighted by Crippen LogP contribution is -1.97. The molecule has 0 spiro atoms. The smallest absolute Gasteiger partial charge is 0.138 e. The van der Waals surface area contributed by atoms with Crippen molar-refractivity contribution in [3.8, 4) is 5.75 Å². The average Bonchev–Trinajstić information content (AvgIpc) is 2.40. The van der Waals surface area contributed by atoms with Crippen LogP contribution in [0.15, 0.2) is 47.6 Å². The number of hydrogen-bond donors (Lipinski definition) is 1. The molecule has 0 saturated carbocycles. The van der Waals surface area contributed by atoms with Gasteiger partial charge in [-0.25, -0.2) is 0 Å². The van der Waals surface area contributed by atoms with E-state index >= 15 is 0 Å². The van der Waals surface area contributed by atoms with Crippen LogP contribution in [0.2, 0.25) is 10.0 Å². The SMILES string of the molecule is O/N=C\c1ccc(OCc2ccccc2Cl)c(Cl)c1. The summed E-state index contributed by atoms with van der Waals surface area (Å²) in [6.45, 7) is 0.340. The zero-order valence-corrected chi connectivity index (χ0v) is 11.4. The monoisotopic (exact) mass is 295 g/mol. The molecule has 0 atom stereocenters. The van der Waals surface area contributed by atoms with Gasteiger partial charge in [0.1, 0.15) is 12.4 Å². The van der Waals surface area contributed by atoms with Crippen LogP contribution in [0.3, 0.4) is 0 Å². The van der Waals surface area contributed by atoms with Gasteiger partial charge in [0.15, 0.2) is 0 Å². The number of oxime groups is 1. The highest BCUT2D eigenvalue weighted by Gasteiger charge is 2.04. The van der Waals surface area contributed by atoms with Gasteiger partial charge in [0.25, 0.3) is 0 Å². The largest absolute Gasteiger partial charge is 0.487 e. The van der Waals surface area contributed by atoms with E-state index in [0.29, 0.717) is 28.0 Å². The molecule has 3 nitrogen and oxygen atoms in total. The molecule has 0 fully saturated rings. The van der Waals surface area contributed by atoms with Crippen molar-refractivity contribution in [3.05, 3.63) is 63.6 Å². The molecule has 2 aromatic rings. The van der Waals surface area contributed by atoms with E-state index in [1.165, 1.54) is 6.21 Å². The van der Waals surface area contributed by atoms with Gasteiger partial charge in [0, 0.05) is 10.6 Å². The normalized spacial score (nSPS) is 10.8. The number of hydrogen-bond acceptors (Lipinski definition) is 3. The molecule has 98 valence electrons. The molecular weight excluding hydrogens is 285 g/mol. The van der Waals surface area contributed by atoms with Gasteiger partial charge in [-0.2, -0.15) is 0 Å². The molecule has 0 saturated heterocycles. The first kappa shape index (κ1) is 13.7. The molecule has 0 bridgehead atoms. The van der Waals surface area contributed by atoms with Crippen molar-refractivity contribution in [1.82, 2.24) is 0 Å². The molecule has 0 amide bonds. The summed E-state index contributed by atoms with van der Waals surface area (Å²) in [4.78, 5) is 0. The standard InChI is InChI=1S/C14H11Cl2NO2/c15-12-4-2-1-3-11(12)9-19-14-6-5-10(8-17-18)7-13(14)16/h1-8,18H,9H2/b17-8-. The van der Waals surface area contributed by atoms with Crippen LogP contribution in [0.4, 0.5) is 0 Å². The van der Waals surface area contributed by atoms with Crippen molar-refractivity contribution in [1.29, 1.82) is 0 Å². The molecule has 0 heterocycles. The van der Waals surface area contributed by atoms with Crippen LogP contribution in [0.25, 0.3) is 0 Å². The van der Waals surface area contributed by atoms with Crippen LogP contribution in [-0.2, 0) is 6.61 Å². The Morgan fingerprint density at radius 2 is 1.89 bits per heavy atom. The molecule has 5 heteroatoms. The highest BCUT2D eigenvalue weighted by Crippen LogP contribution is 2.26. The van der Waals surface area contributed by atoms with Gasteiger partial charge in [0.05, 0.1) is 11.2 Å². The predicted octanol–water partition coefficient (Wildman–Crippen LogP) is 4.38. The Morgan fingerprint density at radius 3 is 2.58 bits per heavy atom. The zero-order valence-electron chi connectivity index (χ0n) is 9.88. The summed E-state index contributed by atoms with van der Waals surface area (Å²) < 4.78 is 5.61. The second-order valence-electron chi connectivity index (χ2n) is 3.81. The topological polar surface area (TPSA) is 41.8 Å². The lowest BCUT2D eigenvalue weighted by Gasteiger charge is -2.09. The van der Waals surface area contributed by atoms with Crippen molar-refractivity contribution >= 4 is 29.4 Å². The molecule has 0 aromatic heterocycles. The van der Waals surface area contributed by atoms with Gasteiger partial charge in [-0.3, -0.25) is 0 Å². The second kappa shape index (κ2) is 6.45. The van der Waals surface area contributed by atoms with Gasteiger partial charge in [0.2, 0.25) is 0 Å². The maximum atomic E-state index is 8.44. The molecule has 2 aromatic carbocycles.